The SMILES string of the molecule is CC1CN(C(=O)C2CCC(CN)O2)CCC1O. The van der Waals surface area contributed by atoms with Crippen LogP contribution in [0.3, 0.4) is 0 Å². The minimum absolute atomic E-state index is 0.0387. The van der Waals surface area contributed by atoms with Gasteiger partial charge in [0.1, 0.15) is 6.10 Å². The van der Waals surface area contributed by atoms with E-state index in [0.717, 1.165) is 12.8 Å². The van der Waals surface area contributed by atoms with Crippen molar-refractivity contribution in [3.8, 4) is 0 Å². The molecule has 2 rings (SSSR count). The molecule has 0 bridgehead atoms. The molecular formula is C12H22N2O3. The minimum Gasteiger partial charge on any atom is -0.393 e. The number of ether oxygens (including phenoxy) is 1. The molecule has 98 valence electrons. The molecule has 17 heavy (non-hydrogen) atoms. The first-order chi connectivity index (χ1) is 8.11. The Bertz CT molecular complexity index is 285. The summed E-state index contributed by atoms with van der Waals surface area (Å²) in [6.45, 7) is 3.73. The molecule has 0 spiro atoms. The van der Waals surface area contributed by atoms with Crippen LogP contribution in [0.5, 0.6) is 0 Å². The number of hydrogen-bond donors (Lipinski definition) is 2. The molecule has 0 radical (unpaired) electrons. The zero-order chi connectivity index (χ0) is 12.4. The first-order valence-electron chi connectivity index (χ1n) is 6.44. The Balaban J connectivity index is 1.88. The third kappa shape index (κ3) is 2.78. The summed E-state index contributed by atoms with van der Waals surface area (Å²) < 4.78 is 5.61. The number of carbonyl (C=O) groups excluding carboxylic acids is 1. The normalized spacial score (nSPS) is 38.4. The fraction of sp³-hybridized carbons (Fsp3) is 0.917. The van der Waals surface area contributed by atoms with E-state index in [1.165, 1.54) is 0 Å². The zero-order valence-electron chi connectivity index (χ0n) is 10.3. The molecule has 0 aromatic carbocycles. The molecule has 2 saturated heterocycles. The fourth-order valence-corrected chi connectivity index (χ4v) is 2.60. The number of nitrogens with two attached hydrogens (primary N) is 1. The van der Waals surface area contributed by atoms with Crippen molar-refractivity contribution in [3.63, 3.8) is 0 Å². The van der Waals surface area contributed by atoms with E-state index in [1.54, 1.807) is 0 Å². The molecule has 2 aliphatic rings. The zero-order valence-corrected chi connectivity index (χ0v) is 10.3. The summed E-state index contributed by atoms with van der Waals surface area (Å²) in [5.41, 5.74) is 5.53. The molecule has 2 fully saturated rings. The molecule has 1 amide bonds. The number of rotatable bonds is 2. The van der Waals surface area contributed by atoms with Crippen molar-refractivity contribution in [2.75, 3.05) is 19.6 Å². The third-order valence-electron chi connectivity index (χ3n) is 3.82. The van der Waals surface area contributed by atoms with Gasteiger partial charge in [-0.25, -0.2) is 0 Å². The molecule has 0 aromatic heterocycles. The van der Waals surface area contributed by atoms with E-state index in [1.807, 2.05) is 11.8 Å². The summed E-state index contributed by atoms with van der Waals surface area (Å²) in [5.74, 6) is 0.221. The van der Waals surface area contributed by atoms with Crippen LogP contribution in [0.1, 0.15) is 26.2 Å². The molecular weight excluding hydrogens is 220 g/mol. The average molecular weight is 242 g/mol. The highest BCUT2D eigenvalue weighted by Crippen LogP contribution is 2.23. The maximum absolute atomic E-state index is 12.2. The van der Waals surface area contributed by atoms with Gasteiger partial charge >= 0.3 is 0 Å². The van der Waals surface area contributed by atoms with E-state index in [0.29, 0.717) is 26.1 Å². The van der Waals surface area contributed by atoms with E-state index in [2.05, 4.69) is 0 Å². The lowest BCUT2D eigenvalue weighted by atomic mass is 9.96. The van der Waals surface area contributed by atoms with Crippen LogP contribution in [0.15, 0.2) is 0 Å². The number of aliphatic hydroxyl groups excluding tert-OH is 1. The van der Waals surface area contributed by atoms with Gasteiger partial charge in [-0.3, -0.25) is 4.79 Å². The van der Waals surface area contributed by atoms with Crippen LogP contribution in [0.25, 0.3) is 0 Å². The number of piperidine rings is 1. The number of carbonyl (C=O) groups is 1. The Labute approximate surface area is 102 Å². The van der Waals surface area contributed by atoms with Gasteiger partial charge in [-0.1, -0.05) is 6.92 Å². The molecule has 3 N–H and O–H groups in total. The highest BCUT2D eigenvalue weighted by Gasteiger charge is 2.35. The smallest absolute Gasteiger partial charge is 0.251 e. The highest BCUT2D eigenvalue weighted by molar-refractivity contribution is 5.81. The van der Waals surface area contributed by atoms with Crippen LogP contribution in [0.4, 0.5) is 0 Å². The Morgan fingerprint density at radius 3 is 2.82 bits per heavy atom. The number of amides is 1. The number of likely N-dealkylation sites (tertiary alicyclic amines) is 1. The van der Waals surface area contributed by atoms with Crippen molar-refractivity contribution in [3.05, 3.63) is 0 Å². The lowest BCUT2D eigenvalue weighted by Gasteiger charge is -2.35. The van der Waals surface area contributed by atoms with Crippen molar-refractivity contribution >= 4 is 5.91 Å². The van der Waals surface area contributed by atoms with E-state index in [-0.39, 0.29) is 30.1 Å². The summed E-state index contributed by atoms with van der Waals surface area (Å²) in [6.07, 6.45) is 1.76. The van der Waals surface area contributed by atoms with Gasteiger partial charge in [0, 0.05) is 19.6 Å². The number of aliphatic hydroxyl groups is 1. The molecule has 0 aliphatic carbocycles. The van der Waals surface area contributed by atoms with Crippen molar-refractivity contribution in [2.24, 2.45) is 11.7 Å². The summed E-state index contributed by atoms with van der Waals surface area (Å²) >= 11 is 0. The van der Waals surface area contributed by atoms with Gasteiger partial charge in [0.25, 0.3) is 5.91 Å². The Hall–Kier alpha value is -0.650. The van der Waals surface area contributed by atoms with Gasteiger partial charge < -0.3 is 20.5 Å². The largest absolute Gasteiger partial charge is 0.393 e. The lowest BCUT2D eigenvalue weighted by molar-refractivity contribution is -0.146. The predicted molar refractivity (Wildman–Crippen MR) is 63.3 cm³/mol. The van der Waals surface area contributed by atoms with E-state index < -0.39 is 0 Å². The maximum Gasteiger partial charge on any atom is 0.251 e. The second-order valence-electron chi connectivity index (χ2n) is 5.18. The van der Waals surface area contributed by atoms with Gasteiger partial charge in [-0.15, -0.1) is 0 Å². The summed E-state index contributed by atoms with van der Waals surface area (Å²) in [5, 5.41) is 9.64. The van der Waals surface area contributed by atoms with Gasteiger partial charge in [0.2, 0.25) is 0 Å². The van der Waals surface area contributed by atoms with Crippen LogP contribution in [-0.2, 0) is 9.53 Å². The van der Waals surface area contributed by atoms with Crippen LogP contribution >= 0.6 is 0 Å². The molecule has 5 heteroatoms. The third-order valence-corrected chi connectivity index (χ3v) is 3.82. The van der Waals surface area contributed by atoms with Crippen molar-refractivity contribution in [1.29, 1.82) is 0 Å². The maximum atomic E-state index is 12.2. The molecule has 0 aromatic rings. The quantitative estimate of drug-likeness (QED) is 0.698. The molecule has 0 saturated carbocycles. The molecule has 4 atom stereocenters. The topological polar surface area (TPSA) is 75.8 Å². The first-order valence-corrected chi connectivity index (χ1v) is 6.44. The van der Waals surface area contributed by atoms with E-state index in [9.17, 15) is 9.90 Å². The molecule has 5 nitrogen and oxygen atoms in total. The first kappa shape index (κ1) is 12.8. The van der Waals surface area contributed by atoms with Gasteiger partial charge in [0.15, 0.2) is 0 Å². The predicted octanol–water partition coefficient (Wildman–Crippen LogP) is -0.278. The lowest BCUT2D eigenvalue weighted by Crippen LogP contribution is -2.48. The van der Waals surface area contributed by atoms with Gasteiger partial charge in [-0.05, 0) is 25.2 Å². The van der Waals surface area contributed by atoms with E-state index >= 15 is 0 Å². The van der Waals surface area contributed by atoms with Gasteiger partial charge in [-0.2, -0.15) is 0 Å². The second kappa shape index (κ2) is 5.33. The standard InChI is InChI=1S/C12H22N2O3/c1-8-7-14(5-4-10(8)15)12(16)11-3-2-9(6-13)17-11/h8-11,15H,2-7,13H2,1H3. The second-order valence-corrected chi connectivity index (χ2v) is 5.18. The van der Waals surface area contributed by atoms with Crippen molar-refractivity contribution in [1.82, 2.24) is 4.90 Å². The number of hydrogen-bond acceptors (Lipinski definition) is 4. The fourth-order valence-electron chi connectivity index (χ4n) is 2.60. The number of nitrogens with zero attached hydrogens (tertiary/aromatic N) is 1. The Morgan fingerprint density at radius 2 is 2.24 bits per heavy atom. The summed E-state index contributed by atoms with van der Waals surface area (Å²) in [6, 6.07) is 0. The molecule has 4 unspecified atom stereocenters. The average Bonchev–Trinajstić information content (AvgIpc) is 2.80. The van der Waals surface area contributed by atoms with Crippen LogP contribution in [-0.4, -0.2) is 53.9 Å². The monoisotopic (exact) mass is 242 g/mol. The van der Waals surface area contributed by atoms with Crippen LogP contribution in [0.2, 0.25) is 0 Å². The highest BCUT2D eigenvalue weighted by atomic mass is 16.5. The molecule has 2 aliphatic heterocycles. The van der Waals surface area contributed by atoms with E-state index in [4.69, 9.17) is 10.5 Å². The summed E-state index contributed by atoms with van der Waals surface area (Å²) in [7, 11) is 0. The van der Waals surface area contributed by atoms with Gasteiger partial charge in [0.05, 0.1) is 12.2 Å². The minimum atomic E-state index is -0.314. The Morgan fingerprint density at radius 1 is 1.47 bits per heavy atom. The Kier molecular flexibility index (Phi) is 4.01. The van der Waals surface area contributed by atoms with Crippen molar-refractivity contribution in [2.45, 2.75) is 44.5 Å². The van der Waals surface area contributed by atoms with Crippen LogP contribution in [0, 0.1) is 5.92 Å². The van der Waals surface area contributed by atoms with Crippen molar-refractivity contribution < 1.29 is 14.6 Å². The van der Waals surface area contributed by atoms with Crippen LogP contribution < -0.4 is 5.73 Å². The summed E-state index contributed by atoms with van der Waals surface area (Å²) in [4.78, 5) is 14.0. The molecule has 2 heterocycles.